The zero-order valence-corrected chi connectivity index (χ0v) is 19.8. The molecule has 2 heterocycles. The fourth-order valence-corrected chi connectivity index (χ4v) is 8.37. The molecule has 170 valence electrons. The van der Waals surface area contributed by atoms with E-state index >= 15 is 4.39 Å². The molecular weight excluding hydrogens is 431 g/mol. The molecule has 2 bridgehead atoms. The lowest BCUT2D eigenvalue weighted by atomic mass is 9.82. The van der Waals surface area contributed by atoms with Gasteiger partial charge < -0.3 is 9.47 Å². The molecule has 3 fully saturated rings. The minimum absolute atomic E-state index is 0.263. The van der Waals surface area contributed by atoms with Crippen LogP contribution >= 0.6 is 0 Å². The van der Waals surface area contributed by atoms with E-state index in [0.717, 1.165) is 24.2 Å². The lowest BCUT2D eigenvalue weighted by Crippen LogP contribution is -2.34. The minimum Gasteiger partial charge on any atom is -0.484 e. The van der Waals surface area contributed by atoms with Gasteiger partial charge in [-0.15, -0.1) is 0 Å². The summed E-state index contributed by atoms with van der Waals surface area (Å²) in [7, 11) is -0.366. The molecule has 3 aromatic rings. The molecule has 0 aromatic heterocycles. The molecule has 0 amide bonds. The third kappa shape index (κ3) is 3.77. The van der Waals surface area contributed by atoms with Crippen LogP contribution in [-0.4, -0.2) is 17.8 Å². The van der Waals surface area contributed by atoms with Crippen LogP contribution in [0.4, 0.5) is 4.39 Å². The molecule has 2 nitrogen and oxygen atoms in total. The normalized spacial score (nSPS) is 30.0. The van der Waals surface area contributed by atoms with Crippen molar-refractivity contribution in [2.75, 3.05) is 0 Å². The molecule has 2 saturated heterocycles. The van der Waals surface area contributed by atoms with Crippen LogP contribution in [0, 0.1) is 17.7 Å². The predicted molar refractivity (Wildman–Crippen MR) is 129 cm³/mol. The van der Waals surface area contributed by atoms with E-state index in [0.29, 0.717) is 29.8 Å². The first-order valence-electron chi connectivity index (χ1n) is 12.1. The molecule has 6 rings (SSSR count). The van der Waals surface area contributed by atoms with Gasteiger partial charge in [0.05, 0.1) is 23.1 Å². The van der Waals surface area contributed by atoms with E-state index in [4.69, 9.17) is 9.47 Å². The average Bonchev–Trinajstić information content (AvgIpc) is 3.55. The number of halogens is 1. The van der Waals surface area contributed by atoms with E-state index in [1.807, 2.05) is 48.5 Å². The number of ether oxygens (including phenoxy) is 2. The Morgan fingerprint density at radius 2 is 1.42 bits per heavy atom. The molecular formula is C29H30FO2S+. The number of benzene rings is 3. The van der Waals surface area contributed by atoms with Crippen LogP contribution < -0.4 is 4.74 Å². The van der Waals surface area contributed by atoms with Crippen molar-refractivity contribution < 1.29 is 13.9 Å². The van der Waals surface area contributed by atoms with E-state index in [2.05, 4.69) is 31.2 Å². The Labute approximate surface area is 198 Å². The first-order valence-corrected chi connectivity index (χ1v) is 13.4. The standard InChI is InChI=1S/C29H30FO2S/c1-2-29(18-23-24(19-29)27-16-15-26(23)31-27)32-28-14-13-22(17-25(28)30)33(20-9-5-3-6-10-20)21-11-7-4-8-12-21/h3-14,17,23-24,26-27H,2,15-16,18-19H2,1H3/q+1. The van der Waals surface area contributed by atoms with Gasteiger partial charge in [0, 0.05) is 6.07 Å². The van der Waals surface area contributed by atoms with Crippen molar-refractivity contribution in [3.05, 3.63) is 84.7 Å². The van der Waals surface area contributed by atoms with Gasteiger partial charge >= 0.3 is 0 Å². The second-order valence-corrected chi connectivity index (χ2v) is 11.7. The maximum Gasteiger partial charge on any atom is 0.170 e. The second kappa shape index (κ2) is 8.48. The van der Waals surface area contributed by atoms with Crippen LogP contribution in [0.1, 0.15) is 39.0 Å². The molecule has 3 aromatic carbocycles. The summed E-state index contributed by atoms with van der Waals surface area (Å²) in [5, 5.41) is 0. The molecule has 33 heavy (non-hydrogen) atoms. The molecule has 2 aliphatic heterocycles. The molecule has 1 aliphatic carbocycles. The fraction of sp³-hybridized carbons (Fsp3) is 0.379. The third-order valence-electron chi connectivity index (χ3n) is 7.87. The highest BCUT2D eigenvalue weighted by Crippen LogP contribution is 2.56. The van der Waals surface area contributed by atoms with Crippen LogP contribution in [0.3, 0.4) is 0 Å². The molecule has 1 saturated carbocycles. The maximum atomic E-state index is 15.5. The molecule has 4 atom stereocenters. The summed E-state index contributed by atoms with van der Waals surface area (Å²) in [4.78, 5) is 3.33. The highest BCUT2D eigenvalue weighted by Gasteiger charge is 2.58. The van der Waals surface area contributed by atoms with Gasteiger partial charge in [0.15, 0.2) is 26.3 Å². The van der Waals surface area contributed by atoms with E-state index in [9.17, 15) is 0 Å². The summed E-state index contributed by atoms with van der Waals surface area (Å²) >= 11 is 0. The molecule has 3 aliphatic rings. The molecule has 0 radical (unpaired) electrons. The summed E-state index contributed by atoms with van der Waals surface area (Å²) < 4.78 is 28.2. The Kier molecular flexibility index (Phi) is 5.46. The Morgan fingerprint density at radius 1 is 0.848 bits per heavy atom. The van der Waals surface area contributed by atoms with Crippen molar-refractivity contribution in [1.82, 2.24) is 0 Å². The average molecular weight is 462 g/mol. The largest absolute Gasteiger partial charge is 0.484 e. The van der Waals surface area contributed by atoms with Gasteiger partial charge in [-0.05, 0) is 80.3 Å². The van der Waals surface area contributed by atoms with Gasteiger partial charge in [-0.3, -0.25) is 0 Å². The van der Waals surface area contributed by atoms with Crippen LogP contribution in [0.2, 0.25) is 0 Å². The van der Waals surface area contributed by atoms with Gasteiger partial charge in [-0.25, -0.2) is 4.39 Å². The summed E-state index contributed by atoms with van der Waals surface area (Å²) in [6, 6.07) is 26.3. The fourth-order valence-electron chi connectivity index (χ4n) is 6.27. The van der Waals surface area contributed by atoms with E-state index in [1.165, 1.54) is 22.6 Å². The van der Waals surface area contributed by atoms with Gasteiger partial charge in [-0.2, -0.15) is 0 Å². The number of fused-ring (bicyclic) bond motifs is 5. The molecule has 4 unspecified atom stereocenters. The molecule has 0 N–H and O–H groups in total. The Bertz CT molecular complexity index is 1060. The van der Waals surface area contributed by atoms with E-state index in [1.54, 1.807) is 6.07 Å². The van der Waals surface area contributed by atoms with Crippen molar-refractivity contribution in [1.29, 1.82) is 0 Å². The number of hydrogen-bond acceptors (Lipinski definition) is 2. The highest BCUT2D eigenvalue weighted by molar-refractivity contribution is 7.97. The highest BCUT2D eigenvalue weighted by atomic mass is 32.2. The maximum absolute atomic E-state index is 15.5. The smallest absolute Gasteiger partial charge is 0.170 e. The number of rotatable bonds is 6. The molecule has 4 heteroatoms. The topological polar surface area (TPSA) is 18.5 Å². The van der Waals surface area contributed by atoms with Crippen molar-refractivity contribution >= 4 is 10.9 Å². The van der Waals surface area contributed by atoms with Crippen LogP contribution in [0.5, 0.6) is 5.75 Å². The monoisotopic (exact) mass is 461 g/mol. The van der Waals surface area contributed by atoms with Crippen molar-refractivity contribution in [3.8, 4) is 5.75 Å². The first-order chi connectivity index (χ1) is 16.2. The SMILES string of the molecule is CCC1(Oc2ccc([S+](c3ccccc3)c3ccccc3)cc2F)CC2C3CCC(O3)C2C1. The Morgan fingerprint density at radius 3 is 1.94 bits per heavy atom. The van der Waals surface area contributed by atoms with E-state index < -0.39 is 0 Å². The Hall–Kier alpha value is -2.30. The zero-order chi connectivity index (χ0) is 22.4. The lowest BCUT2D eigenvalue weighted by Gasteiger charge is -2.31. The van der Waals surface area contributed by atoms with Crippen LogP contribution in [0.15, 0.2) is 93.5 Å². The van der Waals surface area contributed by atoms with Gasteiger partial charge in [-0.1, -0.05) is 43.3 Å². The van der Waals surface area contributed by atoms with Gasteiger partial charge in [0.1, 0.15) is 5.60 Å². The Balaban J connectivity index is 1.29. The molecule has 0 spiro atoms. The lowest BCUT2D eigenvalue weighted by molar-refractivity contribution is 0.0184. The number of hydrogen-bond donors (Lipinski definition) is 0. The predicted octanol–water partition coefficient (Wildman–Crippen LogP) is 7.04. The van der Waals surface area contributed by atoms with E-state index in [-0.39, 0.29) is 22.3 Å². The summed E-state index contributed by atoms with van der Waals surface area (Å²) in [6.07, 6.45) is 6.00. The van der Waals surface area contributed by atoms with Crippen LogP contribution in [0.25, 0.3) is 0 Å². The van der Waals surface area contributed by atoms with Gasteiger partial charge in [0.25, 0.3) is 0 Å². The van der Waals surface area contributed by atoms with Crippen molar-refractivity contribution in [2.45, 2.75) is 71.5 Å². The zero-order valence-electron chi connectivity index (χ0n) is 19.0. The summed E-state index contributed by atoms with van der Waals surface area (Å²) in [5.41, 5.74) is -0.275. The van der Waals surface area contributed by atoms with Crippen molar-refractivity contribution in [3.63, 3.8) is 0 Å². The van der Waals surface area contributed by atoms with Gasteiger partial charge in [0.2, 0.25) is 0 Å². The quantitative estimate of drug-likeness (QED) is 0.367. The van der Waals surface area contributed by atoms with Crippen molar-refractivity contribution in [2.24, 2.45) is 11.8 Å². The van der Waals surface area contributed by atoms with Crippen LogP contribution in [-0.2, 0) is 15.6 Å². The minimum atomic E-state index is -0.366. The summed E-state index contributed by atoms with van der Waals surface area (Å²) in [6.45, 7) is 2.18. The third-order valence-corrected chi connectivity index (χ3v) is 10.1. The first kappa shape index (κ1) is 21.2. The second-order valence-electron chi connectivity index (χ2n) is 9.69. The summed E-state index contributed by atoms with van der Waals surface area (Å²) in [5.74, 6) is 1.28.